The van der Waals surface area contributed by atoms with Gasteiger partial charge < -0.3 is 9.30 Å². The molecule has 0 aliphatic rings. The fraction of sp³-hybridized carbons (Fsp3) is 0.222. The van der Waals surface area contributed by atoms with Crippen LogP contribution in [0.25, 0.3) is 15.8 Å². The van der Waals surface area contributed by atoms with E-state index < -0.39 is 17.2 Å². The van der Waals surface area contributed by atoms with Gasteiger partial charge in [0.1, 0.15) is 0 Å². The van der Waals surface area contributed by atoms with E-state index in [2.05, 4.69) is 16.2 Å². The second-order valence-corrected chi connectivity index (χ2v) is 6.32. The van der Waals surface area contributed by atoms with E-state index in [0.717, 1.165) is 20.8 Å². The Morgan fingerprint density at radius 3 is 2.81 bits per heavy atom. The third-order valence-corrected chi connectivity index (χ3v) is 4.74. The van der Waals surface area contributed by atoms with Gasteiger partial charge in [-0.3, -0.25) is 4.79 Å². The molecule has 2 heterocycles. The number of esters is 1. The molecule has 0 saturated carbocycles. The summed E-state index contributed by atoms with van der Waals surface area (Å²) in [5.74, 6) is 4.69. The average Bonchev–Trinajstić information content (AvgIpc) is 3.03. The summed E-state index contributed by atoms with van der Waals surface area (Å²) in [6, 6.07) is 6.35. The molecular formula is C18H15N3O4S. The Morgan fingerprint density at radius 1 is 1.31 bits per heavy atom. The quantitative estimate of drug-likeness (QED) is 0.518. The molecule has 0 atom stereocenters. The lowest BCUT2D eigenvalue weighted by atomic mass is 10.2. The molecule has 0 amide bonds. The van der Waals surface area contributed by atoms with Gasteiger partial charge in [-0.05, 0) is 43.6 Å². The SMILES string of the molecule is CC#CCOC(=O)c1nsc2ccc(-n3c(=O)cc(C)n(C)c3=O)cc12. The van der Waals surface area contributed by atoms with Crippen LogP contribution in [0.4, 0.5) is 0 Å². The van der Waals surface area contributed by atoms with Crippen molar-refractivity contribution in [3.05, 3.63) is 56.5 Å². The Morgan fingerprint density at radius 2 is 2.08 bits per heavy atom. The van der Waals surface area contributed by atoms with E-state index >= 15 is 0 Å². The number of aromatic nitrogens is 3. The highest BCUT2D eigenvalue weighted by Gasteiger charge is 2.17. The van der Waals surface area contributed by atoms with Gasteiger partial charge in [0.2, 0.25) is 0 Å². The fourth-order valence-electron chi connectivity index (χ4n) is 2.43. The molecule has 8 heteroatoms. The van der Waals surface area contributed by atoms with Crippen LogP contribution < -0.4 is 11.2 Å². The maximum Gasteiger partial charge on any atom is 0.359 e. The van der Waals surface area contributed by atoms with Crippen molar-refractivity contribution in [2.75, 3.05) is 6.61 Å². The van der Waals surface area contributed by atoms with E-state index in [1.165, 1.54) is 10.6 Å². The smallest absolute Gasteiger partial charge is 0.359 e. The van der Waals surface area contributed by atoms with Gasteiger partial charge in [0.15, 0.2) is 12.3 Å². The first-order valence-corrected chi connectivity index (χ1v) is 8.47. The van der Waals surface area contributed by atoms with Crippen molar-refractivity contribution >= 4 is 27.6 Å². The van der Waals surface area contributed by atoms with Gasteiger partial charge in [0.05, 0.1) is 10.4 Å². The minimum absolute atomic E-state index is 0.0218. The summed E-state index contributed by atoms with van der Waals surface area (Å²) in [7, 11) is 1.59. The fourth-order valence-corrected chi connectivity index (χ4v) is 3.17. The van der Waals surface area contributed by atoms with Crippen LogP contribution >= 0.6 is 11.5 Å². The second kappa shape index (κ2) is 6.98. The molecule has 2 aromatic heterocycles. The minimum atomic E-state index is -0.597. The summed E-state index contributed by atoms with van der Waals surface area (Å²) < 4.78 is 12.4. The molecule has 26 heavy (non-hydrogen) atoms. The van der Waals surface area contributed by atoms with Crippen LogP contribution in [0.1, 0.15) is 23.1 Å². The number of fused-ring (bicyclic) bond motifs is 1. The van der Waals surface area contributed by atoms with Gasteiger partial charge in [0.25, 0.3) is 5.56 Å². The Labute approximate surface area is 152 Å². The Balaban J connectivity index is 2.13. The van der Waals surface area contributed by atoms with Crippen molar-refractivity contribution in [1.82, 2.24) is 13.5 Å². The first kappa shape index (κ1) is 17.6. The summed E-state index contributed by atoms with van der Waals surface area (Å²) in [6.07, 6.45) is 0. The first-order valence-electron chi connectivity index (χ1n) is 7.70. The number of rotatable bonds is 3. The summed E-state index contributed by atoms with van der Waals surface area (Å²) in [5, 5.41) is 0.525. The van der Waals surface area contributed by atoms with E-state index in [-0.39, 0.29) is 12.3 Å². The molecule has 0 spiro atoms. The van der Waals surface area contributed by atoms with Crippen LogP contribution in [0, 0.1) is 18.8 Å². The number of nitrogens with zero attached hydrogens (tertiary/aromatic N) is 3. The monoisotopic (exact) mass is 369 g/mol. The number of aryl methyl sites for hydroxylation is 1. The van der Waals surface area contributed by atoms with E-state index in [0.29, 0.717) is 16.8 Å². The standard InChI is InChI=1S/C18H15N3O4S/c1-4-5-8-25-17(23)16-13-10-12(6-7-14(13)26-19-16)21-15(22)9-11(2)20(3)18(21)24/h6-7,9-10H,8H2,1-3H3. The minimum Gasteiger partial charge on any atom is -0.448 e. The van der Waals surface area contributed by atoms with Crippen LogP contribution in [-0.2, 0) is 11.8 Å². The molecule has 0 radical (unpaired) electrons. The molecule has 3 aromatic rings. The maximum atomic E-state index is 12.5. The van der Waals surface area contributed by atoms with E-state index in [1.807, 2.05) is 0 Å². The highest BCUT2D eigenvalue weighted by atomic mass is 32.1. The van der Waals surface area contributed by atoms with Gasteiger partial charge in [-0.1, -0.05) is 5.92 Å². The van der Waals surface area contributed by atoms with Gasteiger partial charge in [-0.25, -0.2) is 14.2 Å². The Kier molecular flexibility index (Phi) is 4.73. The average molecular weight is 369 g/mol. The molecule has 0 saturated heterocycles. The van der Waals surface area contributed by atoms with Crippen molar-refractivity contribution in [2.24, 2.45) is 7.05 Å². The lowest BCUT2D eigenvalue weighted by Crippen LogP contribution is -2.38. The van der Waals surface area contributed by atoms with E-state index in [4.69, 9.17) is 4.74 Å². The third kappa shape index (κ3) is 3.05. The molecule has 0 N–H and O–H groups in total. The molecule has 132 valence electrons. The first-order chi connectivity index (χ1) is 12.4. The predicted octanol–water partition coefficient (Wildman–Crippen LogP) is 1.63. The molecule has 7 nitrogen and oxygen atoms in total. The topological polar surface area (TPSA) is 83.2 Å². The van der Waals surface area contributed by atoms with Gasteiger partial charge in [0, 0.05) is 24.2 Å². The van der Waals surface area contributed by atoms with Crippen LogP contribution in [0.2, 0.25) is 0 Å². The Bertz CT molecular complexity index is 1190. The summed E-state index contributed by atoms with van der Waals surface area (Å²) >= 11 is 1.14. The van der Waals surface area contributed by atoms with Crippen molar-refractivity contribution < 1.29 is 9.53 Å². The molecule has 0 aliphatic heterocycles. The van der Waals surface area contributed by atoms with Crippen molar-refractivity contribution in [1.29, 1.82) is 0 Å². The molecular weight excluding hydrogens is 354 g/mol. The number of benzene rings is 1. The van der Waals surface area contributed by atoms with E-state index in [1.54, 1.807) is 39.1 Å². The molecule has 3 rings (SSSR count). The summed E-state index contributed by atoms with van der Waals surface area (Å²) in [5.41, 5.74) is 0.179. The van der Waals surface area contributed by atoms with Crippen molar-refractivity contribution in [3.63, 3.8) is 0 Å². The zero-order chi connectivity index (χ0) is 18.8. The maximum absolute atomic E-state index is 12.5. The normalized spacial score (nSPS) is 10.4. The Hall–Kier alpha value is -3.18. The lowest BCUT2D eigenvalue weighted by Gasteiger charge is -2.09. The second-order valence-electron chi connectivity index (χ2n) is 5.52. The molecule has 0 fully saturated rings. The zero-order valence-corrected chi connectivity index (χ0v) is 15.2. The molecule has 0 aliphatic carbocycles. The largest absolute Gasteiger partial charge is 0.448 e. The lowest BCUT2D eigenvalue weighted by molar-refractivity contribution is 0.0553. The third-order valence-electron chi connectivity index (χ3n) is 3.92. The van der Waals surface area contributed by atoms with Crippen LogP contribution in [0.5, 0.6) is 0 Å². The number of hydrogen-bond donors (Lipinski definition) is 0. The summed E-state index contributed by atoms with van der Waals surface area (Å²) in [4.78, 5) is 37.0. The number of ether oxygens (including phenoxy) is 1. The van der Waals surface area contributed by atoms with Gasteiger partial charge in [-0.15, -0.1) is 5.92 Å². The van der Waals surface area contributed by atoms with Gasteiger partial charge >= 0.3 is 11.7 Å². The molecule has 0 bridgehead atoms. The number of carbonyl (C=O) groups excluding carboxylic acids is 1. The van der Waals surface area contributed by atoms with Crippen molar-refractivity contribution in [2.45, 2.75) is 13.8 Å². The number of hydrogen-bond acceptors (Lipinski definition) is 6. The predicted molar refractivity (Wildman–Crippen MR) is 98.9 cm³/mol. The number of carbonyl (C=O) groups is 1. The van der Waals surface area contributed by atoms with Gasteiger partial charge in [-0.2, -0.15) is 4.37 Å². The summed E-state index contributed by atoms with van der Waals surface area (Å²) in [6.45, 7) is 3.32. The highest BCUT2D eigenvalue weighted by Crippen LogP contribution is 2.25. The van der Waals surface area contributed by atoms with Crippen LogP contribution in [0.15, 0.2) is 33.9 Å². The van der Waals surface area contributed by atoms with Crippen LogP contribution in [-0.4, -0.2) is 26.1 Å². The zero-order valence-electron chi connectivity index (χ0n) is 14.4. The molecule has 0 unspecified atom stereocenters. The van der Waals surface area contributed by atoms with Crippen LogP contribution in [0.3, 0.4) is 0 Å². The van der Waals surface area contributed by atoms with Crippen molar-refractivity contribution in [3.8, 4) is 17.5 Å². The molecule has 1 aromatic carbocycles. The highest BCUT2D eigenvalue weighted by molar-refractivity contribution is 7.13. The van der Waals surface area contributed by atoms with E-state index in [9.17, 15) is 14.4 Å².